The molecular weight excluding hydrogens is 252 g/mol. The summed E-state index contributed by atoms with van der Waals surface area (Å²) in [6.07, 6.45) is 4.00. The molecule has 0 atom stereocenters. The van der Waals surface area contributed by atoms with E-state index in [0.717, 1.165) is 18.4 Å². The molecule has 0 unspecified atom stereocenters. The third-order valence-electron chi connectivity index (χ3n) is 3.35. The predicted octanol–water partition coefficient (Wildman–Crippen LogP) is 2.52. The van der Waals surface area contributed by atoms with E-state index in [0.29, 0.717) is 27.9 Å². The first kappa shape index (κ1) is 11.8. The highest BCUT2D eigenvalue weighted by atomic mass is 35.5. The van der Waals surface area contributed by atoms with E-state index in [1.807, 2.05) is 6.07 Å². The van der Waals surface area contributed by atoms with Crippen LogP contribution in [0.1, 0.15) is 38.3 Å². The van der Waals surface area contributed by atoms with Gasteiger partial charge < -0.3 is 15.3 Å². The van der Waals surface area contributed by atoms with Gasteiger partial charge in [0.1, 0.15) is 0 Å². The van der Waals surface area contributed by atoms with Crippen LogP contribution in [-0.2, 0) is 5.60 Å². The van der Waals surface area contributed by atoms with E-state index in [2.05, 4.69) is 4.57 Å². The maximum absolute atomic E-state index is 10.1. The SMILES string of the molecule is CC(C)(O)c1c(N)cc2c(oc[n+]2C2CC2)c1Cl. The summed E-state index contributed by atoms with van der Waals surface area (Å²) in [6, 6.07) is 2.32. The van der Waals surface area contributed by atoms with Crippen molar-refractivity contribution in [1.29, 1.82) is 0 Å². The minimum atomic E-state index is -1.09. The predicted molar refractivity (Wildman–Crippen MR) is 69.3 cm³/mol. The van der Waals surface area contributed by atoms with Crippen molar-refractivity contribution in [3.8, 4) is 0 Å². The number of nitrogen functional groups attached to an aromatic ring is 1. The van der Waals surface area contributed by atoms with E-state index >= 15 is 0 Å². The molecular formula is C13H16ClN2O2+. The van der Waals surface area contributed by atoms with Crippen LogP contribution in [0.25, 0.3) is 11.1 Å². The van der Waals surface area contributed by atoms with Gasteiger partial charge >= 0.3 is 6.39 Å². The number of hydrogen-bond donors (Lipinski definition) is 2. The zero-order valence-corrected chi connectivity index (χ0v) is 11.2. The van der Waals surface area contributed by atoms with Crippen LogP contribution in [0.15, 0.2) is 16.9 Å². The van der Waals surface area contributed by atoms with Crippen molar-refractivity contribution < 1.29 is 14.1 Å². The number of anilines is 1. The van der Waals surface area contributed by atoms with Crippen LogP contribution in [0.3, 0.4) is 0 Å². The van der Waals surface area contributed by atoms with Crippen LogP contribution in [0, 0.1) is 0 Å². The monoisotopic (exact) mass is 267 g/mol. The standard InChI is InChI=1S/C13H16ClN2O2/c1-13(2,17)10-8(15)5-9-12(11(10)14)18-6-16(9)7-3-4-7/h5-7,17H,3-4,15H2,1-2H3/q+1. The number of halogens is 1. The molecule has 5 heteroatoms. The molecule has 0 radical (unpaired) electrons. The molecule has 0 aliphatic heterocycles. The van der Waals surface area contributed by atoms with Crippen LogP contribution < -0.4 is 10.3 Å². The molecule has 0 bridgehead atoms. The molecule has 1 saturated carbocycles. The zero-order chi connectivity index (χ0) is 13.1. The maximum Gasteiger partial charge on any atom is 0.335 e. The fraction of sp³-hybridized carbons (Fsp3) is 0.462. The fourth-order valence-corrected chi connectivity index (χ4v) is 2.85. The van der Waals surface area contributed by atoms with Gasteiger partial charge in [0, 0.05) is 30.2 Å². The fourth-order valence-electron chi connectivity index (χ4n) is 2.37. The Morgan fingerprint density at radius 3 is 2.72 bits per heavy atom. The lowest BCUT2D eigenvalue weighted by molar-refractivity contribution is -0.679. The number of oxazole rings is 1. The van der Waals surface area contributed by atoms with Gasteiger partial charge in [0.2, 0.25) is 5.58 Å². The summed E-state index contributed by atoms with van der Waals surface area (Å²) in [6.45, 7) is 3.32. The van der Waals surface area contributed by atoms with Gasteiger partial charge in [0.25, 0.3) is 5.52 Å². The molecule has 0 saturated heterocycles. The van der Waals surface area contributed by atoms with E-state index in [9.17, 15) is 5.11 Å². The molecule has 3 N–H and O–H groups in total. The molecule has 1 aliphatic rings. The van der Waals surface area contributed by atoms with Crippen molar-refractivity contribution in [3.05, 3.63) is 23.0 Å². The number of nitrogens with two attached hydrogens (primary N) is 1. The Hall–Kier alpha value is -1.26. The topological polar surface area (TPSA) is 63.3 Å². The van der Waals surface area contributed by atoms with Gasteiger partial charge in [-0.3, -0.25) is 0 Å². The van der Waals surface area contributed by atoms with Crippen molar-refractivity contribution in [2.45, 2.75) is 38.3 Å². The molecule has 3 rings (SSSR count). The molecule has 0 amide bonds. The van der Waals surface area contributed by atoms with Gasteiger partial charge in [0.05, 0.1) is 10.6 Å². The molecule has 1 aromatic carbocycles. The number of rotatable bonds is 2. The number of aromatic nitrogens is 1. The van der Waals surface area contributed by atoms with Gasteiger partial charge in [-0.05, 0) is 13.8 Å². The van der Waals surface area contributed by atoms with E-state index in [1.165, 1.54) is 0 Å². The molecule has 1 aliphatic carbocycles. The van der Waals surface area contributed by atoms with Gasteiger partial charge in [0.15, 0.2) is 6.04 Å². The summed E-state index contributed by atoms with van der Waals surface area (Å²) < 4.78 is 7.60. The van der Waals surface area contributed by atoms with E-state index < -0.39 is 5.60 Å². The lowest BCUT2D eigenvalue weighted by Gasteiger charge is -2.20. The average molecular weight is 268 g/mol. The Morgan fingerprint density at radius 1 is 1.50 bits per heavy atom. The van der Waals surface area contributed by atoms with Crippen molar-refractivity contribution in [2.75, 3.05) is 5.73 Å². The summed E-state index contributed by atoms with van der Waals surface area (Å²) in [4.78, 5) is 0. The van der Waals surface area contributed by atoms with Crippen LogP contribution >= 0.6 is 11.6 Å². The minimum Gasteiger partial charge on any atom is -0.402 e. The molecule has 1 aromatic heterocycles. The average Bonchev–Trinajstić information content (AvgIpc) is 2.98. The molecule has 1 heterocycles. The summed E-state index contributed by atoms with van der Waals surface area (Å²) in [5.74, 6) is 0. The lowest BCUT2D eigenvalue weighted by Crippen LogP contribution is -2.30. The Labute approximate surface area is 110 Å². The largest absolute Gasteiger partial charge is 0.402 e. The van der Waals surface area contributed by atoms with Crippen LogP contribution in [0.4, 0.5) is 5.69 Å². The lowest BCUT2D eigenvalue weighted by atomic mass is 9.96. The van der Waals surface area contributed by atoms with Gasteiger partial charge in [-0.2, -0.15) is 4.57 Å². The second-order valence-electron chi connectivity index (χ2n) is 5.42. The number of benzene rings is 1. The highest BCUT2D eigenvalue weighted by Crippen LogP contribution is 2.39. The van der Waals surface area contributed by atoms with Gasteiger partial charge in [-0.15, -0.1) is 0 Å². The second-order valence-corrected chi connectivity index (χ2v) is 5.80. The maximum atomic E-state index is 10.1. The summed E-state index contributed by atoms with van der Waals surface area (Å²) in [5.41, 5.74) is 7.44. The molecule has 96 valence electrons. The van der Waals surface area contributed by atoms with Gasteiger partial charge in [-0.1, -0.05) is 11.6 Å². The Kier molecular flexibility index (Phi) is 2.37. The number of nitrogens with zero attached hydrogens (tertiary/aromatic N) is 1. The van der Waals surface area contributed by atoms with E-state index in [4.69, 9.17) is 21.8 Å². The summed E-state index contributed by atoms with van der Waals surface area (Å²) in [7, 11) is 0. The third kappa shape index (κ3) is 1.68. The normalized spacial score (nSPS) is 16.4. The van der Waals surface area contributed by atoms with Gasteiger partial charge in [-0.25, -0.2) is 0 Å². The summed E-state index contributed by atoms with van der Waals surface area (Å²) in [5, 5.41) is 10.5. The van der Waals surface area contributed by atoms with E-state index in [1.54, 1.807) is 20.2 Å². The first-order valence-electron chi connectivity index (χ1n) is 6.02. The first-order valence-corrected chi connectivity index (χ1v) is 6.40. The molecule has 1 fully saturated rings. The number of aliphatic hydroxyl groups is 1. The number of fused-ring (bicyclic) bond motifs is 1. The van der Waals surface area contributed by atoms with Crippen molar-refractivity contribution in [1.82, 2.24) is 0 Å². The molecule has 18 heavy (non-hydrogen) atoms. The Bertz CT molecular complexity index is 624. The van der Waals surface area contributed by atoms with Crippen LogP contribution in [0.5, 0.6) is 0 Å². The smallest absolute Gasteiger partial charge is 0.335 e. The van der Waals surface area contributed by atoms with Crippen molar-refractivity contribution in [2.24, 2.45) is 0 Å². The first-order chi connectivity index (χ1) is 8.39. The summed E-state index contributed by atoms with van der Waals surface area (Å²) >= 11 is 6.32. The van der Waals surface area contributed by atoms with Crippen LogP contribution in [0.2, 0.25) is 5.02 Å². The Balaban J connectivity index is 2.30. The van der Waals surface area contributed by atoms with Crippen molar-refractivity contribution >= 4 is 28.4 Å². The highest BCUT2D eigenvalue weighted by molar-refractivity contribution is 6.36. The van der Waals surface area contributed by atoms with Crippen LogP contribution in [-0.4, -0.2) is 5.11 Å². The molecule has 4 nitrogen and oxygen atoms in total. The molecule has 2 aromatic rings. The molecule has 0 spiro atoms. The number of hydrogen-bond acceptors (Lipinski definition) is 3. The quantitative estimate of drug-likeness (QED) is 0.649. The van der Waals surface area contributed by atoms with E-state index in [-0.39, 0.29) is 0 Å². The zero-order valence-electron chi connectivity index (χ0n) is 10.4. The van der Waals surface area contributed by atoms with Crippen molar-refractivity contribution in [3.63, 3.8) is 0 Å². The third-order valence-corrected chi connectivity index (χ3v) is 3.71. The minimum absolute atomic E-state index is 0.400. The second kappa shape index (κ2) is 3.62. The highest BCUT2D eigenvalue weighted by Gasteiger charge is 2.37. The Morgan fingerprint density at radius 2 is 2.17 bits per heavy atom.